The molecule has 17 heteroatoms. The van der Waals surface area contributed by atoms with Gasteiger partial charge in [-0.05, 0) is 6.26 Å². The number of nitrogens with one attached hydrogen (secondary N) is 2. The summed E-state index contributed by atoms with van der Waals surface area (Å²) in [4.78, 5) is 44.7. The van der Waals surface area contributed by atoms with Crippen molar-refractivity contribution in [2.24, 2.45) is 5.16 Å². The zero-order chi connectivity index (χ0) is 21.8. The van der Waals surface area contributed by atoms with E-state index in [0.29, 0.717) is 0 Å². The molecule has 2 heterocycles. The maximum Gasteiger partial charge on any atom is 1.00 e. The minimum absolute atomic E-state index is 0. The van der Waals surface area contributed by atoms with Gasteiger partial charge in [-0.1, -0.05) is 5.16 Å². The van der Waals surface area contributed by atoms with Crippen molar-refractivity contribution < 1.29 is 61.7 Å². The van der Waals surface area contributed by atoms with Crippen LogP contribution in [0.15, 0.2) is 10.5 Å². The molecule has 1 aliphatic rings. The number of nitrogens with zero attached hydrogens (tertiary/aromatic N) is 3. The second-order valence-corrected chi connectivity index (χ2v) is 8.69. The number of carbonyl (C=O) groups excluding carboxylic acids is 3. The first kappa shape index (κ1) is 27.1. The smallest absolute Gasteiger partial charge is 0.731 e. The van der Waals surface area contributed by atoms with Crippen molar-refractivity contribution in [1.29, 1.82) is 0 Å². The Labute approximate surface area is 207 Å². The van der Waals surface area contributed by atoms with Crippen molar-refractivity contribution in [1.82, 2.24) is 14.6 Å². The molecule has 0 spiro atoms. The number of hydrogen-bond acceptors (Lipinski definition) is 11. The molecule has 2 rings (SSSR count). The van der Waals surface area contributed by atoms with Gasteiger partial charge in [0.25, 0.3) is 11.8 Å². The minimum Gasteiger partial charge on any atom is -0.731 e. The first-order valence-corrected chi connectivity index (χ1v) is 11.8. The summed E-state index contributed by atoms with van der Waals surface area (Å²) < 4.78 is 33.9. The Morgan fingerprint density at radius 3 is 2.70 bits per heavy atom. The number of β-lactam (4-membered cyclic amide) rings is 1. The fourth-order valence-corrected chi connectivity index (χ4v) is 4.80. The van der Waals surface area contributed by atoms with E-state index in [9.17, 15) is 27.4 Å². The predicted octanol–water partition coefficient (Wildman–Crippen LogP) is -3.81. The van der Waals surface area contributed by atoms with Gasteiger partial charge < -0.3 is 20.0 Å². The van der Waals surface area contributed by atoms with Gasteiger partial charge in [0.05, 0.1) is 6.04 Å². The molecule has 3 amide bonds. The number of carbonyl (C=O) groups is 3. The van der Waals surface area contributed by atoms with Crippen LogP contribution in [0.25, 0.3) is 0 Å². The van der Waals surface area contributed by atoms with E-state index in [-0.39, 0.29) is 62.0 Å². The standard InChI is InChI=1S/C13H16ClN5O7S3.Na/c1-26-18-9(6-4-28-13(15-6)16-8(20)3-14)11(21)17-10-7(5-27-2)19(12(10)22)29(23,24)25;/h4,7,10H,3,5H2,1-2H3,(H,17,21)(H,15,16,20)(H,23,24,25);/q;+1/p-1/t7-,10+;/m1./s1. The molecule has 1 aromatic heterocycles. The summed E-state index contributed by atoms with van der Waals surface area (Å²) >= 11 is 7.60. The SMILES string of the molecule is CON=C(C(=O)N[C@@H]1C(=O)N(S(=O)(=O)[O-])[C@@H]1CSC)c1csc(NC(=O)CCl)n1.[Na+]. The van der Waals surface area contributed by atoms with Crippen LogP contribution in [0.5, 0.6) is 0 Å². The number of amides is 3. The first-order chi connectivity index (χ1) is 13.6. The van der Waals surface area contributed by atoms with Crippen LogP contribution in [-0.4, -0.2) is 82.8 Å². The molecular weight excluding hydrogens is 493 g/mol. The van der Waals surface area contributed by atoms with E-state index < -0.39 is 40.1 Å². The normalized spacial score (nSPS) is 18.9. The zero-order valence-electron chi connectivity index (χ0n) is 15.9. The summed E-state index contributed by atoms with van der Waals surface area (Å²) in [5.41, 5.74) is -0.269. The van der Waals surface area contributed by atoms with E-state index in [1.807, 2.05) is 0 Å². The van der Waals surface area contributed by atoms with Gasteiger partial charge in [0, 0.05) is 11.1 Å². The van der Waals surface area contributed by atoms with Crippen LogP contribution in [0.1, 0.15) is 5.69 Å². The summed E-state index contributed by atoms with van der Waals surface area (Å²) in [6.07, 6.45) is 1.65. The van der Waals surface area contributed by atoms with Crippen LogP contribution < -0.4 is 40.2 Å². The number of oxime groups is 1. The molecular formula is C13H15ClN5NaO7S3. The molecule has 0 unspecified atom stereocenters. The molecule has 0 radical (unpaired) electrons. The molecule has 0 aliphatic carbocycles. The first-order valence-electron chi connectivity index (χ1n) is 7.65. The molecule has 1 aromatic rings. The van der Waals surface area contributed by atoms with Gasteiger partial charge >= 0.3 is 29.6 Å². The number of aromatic nitrogens is 1. The van der Waals surface area contributed by atoms with Crippen LogP contribution in [0.2, 0.25) is 0 Å². The fourth-order valence-electron chi connectivity index (χ4n) is 2.38. The van der Waals surface area contributed by atoms with Crippen molar-refractivity contribution in [2.45, 2.75) is 12.1 Å². The third kappa shape index (κ3) is 6.29. The minimum atomic E-state index is -5.00. The number of alkyl halides is 1. The Kier molecular flexibility index (Phi) is 10.5. The van der Waals surface area contributed by atoms with Crippen molar-refractivity contribution in [3.63, 3.8) is 0 Å². The van der Waals surface area contributed by atoms with E-state index in [0.717, 1.165) is 11.3 Å². The summed E-state index contributed by atoms with van der Waals surface area (Å²) in [6, 6.07) is -2.25. The molecule has 0 bridgehead atoms. The Morgan fingerprint density at radius 1 is 1.50 bits per heavy atom. The zero-order valence-corrected chi connectivity index (χ0v) is 21.2. The van der Waals surface area contributed by atoms with Crippen molar-refractivity contribution in [3.8, 4) is 0 Å². The summed E-state index contributed by atoms with van der Waals surface area (Å²) in [5, 5.41) is 9.91. The topological polar surface area (TPSA) is 170 Å². The number of anilines is 1. The van der Waals surface area contributed by atoms with Crippen molar-refractivity contribution in [3.05, 3.63) is 11.1 Å². The third-order valence-electron chi connectivity index (χ3n) is 3.55. The van der Waals surface area contributed by atoms with E-state index >= 15 is 0 Å². The van der Waals surface area contributed by atoms with Crippen LogP contribution in [-0.2, 0) is 29.5 Å². The number of thiazole rings is 1. The second kappa shape index (κ2) is 11.6. The molecule has 0 saturated carbocycles. The van der Waals surface area contributed by atoms with Gasteiger partial charge in [-0.15, -0.1) is 22.9 Å². The summed E-state index contributed by atoms with van der Waals surface area (Å²) in [5.74, 6) is -2.59. The maximum atomic E-state index is 12.6. The van der Waals surface area contributed by atoms with Gasteiger partial charge in [-0.2, -0.15) is 11.8 Å². The average molecular weight is 508 g/mol. The molecule has 2 atom stereocenters. The van der Waals surface area contributed by atoms with E-state index in [1.54, 1.807) is 6.26 Å². The van der Waals surface area contributed by atoms with E-state index in [1.165, 1.54) is 24.3 Å². The van der Waals surface area contributed by atoms with Gasteiger partial charge in [-0.3, -0.25) is 14.4 Å². The van der Waals surface area contributed by atoms with Gasteiger partial charge in [0.15, 0.2) is 21.1 Å². The average Bonchev–Trinajstić information content (AvgIpc) is 3.10. The predicted molar refractivity (Wildman–Crippen MR) is 106 cm³/mol. The molecule has 30 heavy (non-hydrogen) atoms. The van der Waals surface area contributed by atoms with E-state index in [2.05, 4.69) is 25.6 Å². The summed E-state index contributed by atoms with van der Waals surface area (Å²) in [6.45, 7) is 0. The van der Waals surface area contributed by atoms with Gasteiger partial charge in [0.1, 0.15) is 24.7 Å². The molecule has 2 N–H and O–H groups in total. The van der Waals surface area contributed by atoms with Gasteiger partial charge in [-0.25, -0.2) is 17.7 Å². The maximum absolute atomic E-state index is 12.6. The van der Waals surface area contributed by atoms with Crippen LogP contribution in [0.3, 0.4) is 0 Å². The van der Waals surface area contributed by atoms with Gasteiger partial charge in [0.2, 0.25) is 5.91 Å². The monoisotopic (exact) mass is 507 g/mol. The van der Waals surface area contributed by atoms with Crippen LogP contribution >= 0.6 is 34.7 Å². The van der Waals surface area contributed by atoms with Crippen molar-refractivity contribution in [2.75, 3.05) is 30.3 Å². The quantitative estimate of drug-likeness (QED) is 0.0849. The molecule has 1 aliphatic heterocycles. The summed E-state index contributed by atoms with van der Waals surface area (Å²) in [7, 11) is -3.81. The number of hydrogen-bond donors (Lipinski definition) is 2. The largest absolute Gasteiger partial charge is 1.00 e. The van der Waals surface area contributed by atoms with Crippen LogP contribution in [0.4, 0.5) is 5.13 Å². The molecule has 0 aromatic carbocycles. The second-order valence-electron chi connectivity index (χ2n) is 5.41. The third-order valence-corrected chi connectivity index (χ3v) is 6.15. The van der Waals surface area contributed by atoms with Crippen molar-refractivity contribution >= 4 is 73.6 Å². The van der Waals surface area contributed by atoms with Crippen LogP contribution in [0, 0.1) is 0 Å². The Balaban J connectivity index is 0.00000450. The van der Waals surface area contributed by atoms with E-state index in [4.69, 9.17) is 11.6 Å². The number of rotatable bonds is 9. The fraction of sp³-hybridized carbons (Fsp3) is 0.462. The molecule has 1 saturated heterocycles. The number of halogens is 1. The molecule has 160 valence electrons. The number of thioether (sulfide) groups is 1. The Bertz CT molecular complexity index is 941. The molecule has 12 nitrogen and oxygen atoms in total. The Morgan fingerprint density at radius 2 is 2.17 bits per heavy atom. The molecule has 1 fully saturated rings. The Hall–Kier alpha value is -0.940.